The van der Waals surface area contributed by atoms with Crippen molar-refractivity contribution in [1.82, 2.24) is 4.90 Å². The van der Waals surface area contributed by atoms with Crippen LogP contribution in [0.25, 0.3) is 0 Å². The number of carbonyl (C=O) groups excluding carboxylic acids is 2. The van der Waals surface area contributed by atoms with Crippen LogP contribution < -0.4 is 0 Å². The van der Waals surface area contributed by atoms with E-state index in [1.807, 2.05) is 7.05 Å². The van der Waals surface area contributed by atoms with E-state index in [1.54, 1.807) is 0 Å². The number of methoxy groups -OCH3 is 1. The van der Waals surface area contributed by atoms with Crippen molar-refractivity contribution in [2.45, 2.75) is 37.5 Å². The van der Waals surface area contributed by atoms with E-state index >= 15 is 0 Å². The zero-order valence-corrected chi connectivity index (χ0v) is 13.3. The Morgan fingerprint density at radius 2 is 1.91 bits per heavy atom. The molecule has 3 rings (SSSR count). The number of benzene rings is 1. The molecule has 0 amide bonds. The molecule has 2 fully saturated rings. The molecule has 0 aromatic heterocycles. The monoisotopic (exact) mass is 319 g/mol. The fraction of sp³-hybridized carbons (Fsp3) is 0.529. The summed E-state index contributed by atoms with van der Waals surface area (Å²) in [5.41, 5.74) is 0.359. The van der Waals surface area contributed by atoms with Gasteiger partial charge in [-0.2, -0.15) is 0 Å². The predicted octanol–water partition coefficient (Wildman–Crippen LogP) is 1.57. The van der Waals surface area contributed by atoms with Gasteiger partial charge in [0, 0.05) is 18.5 Å². The average Bonchev–Trinajstić information content (AvgIpc) is 2.78. The number of rotatable bonds is 3. The largest absolute Gasteiger partial charge is 0.508 e. The van der Waals surface area contributed by atoms with Crippen molar-refractivity contribution < 1.29 is 24.2 Å². The van der Waals surface area contributed by atoms with E-state index in [0.29, 0.717) is 18.0 Å². The van der Waals surface area contributed by atoms with Crippen LogP contribution >= 0.6 is 0 Å². The number of aromatic hydroxyl groups is 1. The Bertz CT molecular complexity index is 600. The quantitative estimate of drug-likeness (QED) is 0.852. The first kappa shape index (κ1) is 15.8. The molecule has 2 saturated heterocycles. The van der Waals surface area contributed by atoms with Gasteiger partial charge in [-0.15, -0.1) is 0 Å². The zero-order valence-electron chi connectivity index (χ0n) is 13.3. The lowest BCUT2D eigenvalue weighted by atomic mass is 9.87. The second-order valence-electron chi connectivity index (χ2n) is 6.24. The van der Waals surface area contributed by atoms with Crippen molar-refractivity contribution >= 4 is 11.9 Å². The van der Waals surface area contributed by atoms with Crippen LogP contribution in [0.4, 0.5) is 0 Å². The first-order valence-corrected chi connectivity index (χ1v) is 7.81. The van der Waals surface area contributed by atoms with E-state index in [2.05, 4.69) is 4.90 Å². The highest BCUT2D eigenvalue weighted by Crippen LogP contribution is 2.40. The molecule has 2 heterocycles. The topological polar surface area (TPSA) is 76.1 Å². The summed E-state index contributed by atoms with van der Waals surface area (Å²) in [4.78, 5) is 26.7. The lowest BCUT2D eigenvalue weighted by Gasteiger charge is -2.40. The highest BCUT2D eigenvalue weighted by Gasteiger charge is 2.50. The Balaban J connectivity index is 1.78. The molecule has 6 heteroatoms. The summed E-state index contributed by atoms with van der Waals surface area (Å²) < 4.78 is 10.6. The molecule has 0 radical (unpaired) electrons. The van der Waals surface area contributed by atoms with Crippen LogP contribution in [0, 0.1) is 5.92 Å². The third-order valence-corrected chi connectivity index (χ3v) is 5.05. The first-order valence-electron chi connectivity index (χ1n) is 7.81. The summed E-state index contributed by atoms with van der Waals surface area (Å²) in [5.74, 6) is -1.17. The Morgan fingerprint density at radius 3 is 2.57 bits per heavy atom. The smallest absolute Gasteiger partial charge is 0.338 e. The molecule has 2 aliphatic rings. The minimum Gasteiger partial charge on any atom is -0.508 e. The van der Waals surface area contributed by atoms with Crippen molar-refractivity contribution in [2.24, 2.45) is 5.92 Å². The van der Waals surface area contributed by atoms with Gasteiger partial charge in [0.1, 0.15) is 17.8 Å². The van der Waals surface area contributed by atoms with Crippen LogP contribution in [0.15, 0.2) is 24.3 Å². The Labute approximate surface area is 135 Å². The second kappa shape index (κ2) is 6.20. The number of ether oxygens (including phenoxy) is 2. The Kier molecular flexibility index (Phi) is 4.26. The van der Waals surface area contributed by atoms with Crippen molar-refractivity contribution in [3.63, 3.8) is 0 Å². The SMILES string of the molecule is COC(=O)[C@H]1[C@@H](OC(=O)c2ccc(O)cc2)C[C@@H]2CC[C@H]1N2C. The van der Waals surface area contributed by atoms with Crippen molar-refractivity contribution in [2.75, 3.05) is 14.2 Å². The molecule has 0 spiro atoms. The Hall–Kier alpha value is -2.08. The molecule has 6 nitrogen and oxygen atoms in total. The van der Waals surface area contributed by atoms with E-state index in [9.17, 15) is 14.7 Å². The second-order valence-corrected chi connectivity index (χ2v) is 6.24. The maximum Gasteiger partial charge on any atom is 0.338 e. The summed E-state index contributed by atoms with van der Waals surface area (Å²) in [6, 6.07) is 6.28. The summed E-state index contributed by atoms with van der Waals surface area (Å²) in [7, 11) is 3.37. The standard InChI is InChI=1S/C17H21NO5/c1-18-11-5-8-13(18)15(17(21)22-2)14(9-11)23-16(20)10-3-6-12(19)7-4-10/h3-4,6-7,11,13-15,19H,5,8-9H2,1-2H3/t11-,13+,14-,15+/m0/s1. The molecule has 2 bridgehead atoms. The zero-order chi connectivity index (χ0) is 16.6. The summed E-state index contributed by atoms with van der Waals surface area (Å²) in [6.45, 7) is 0. The van der Waals surface area contributed by atoms with Gasteiger partial charge in [0.2, 0.25) is 0 Å². The molecule has 4 atom stereocenters. The van der Waals surface area contributed by atoms with Gasteiger partial charge in [0.25, 0.3) is 0 Å². The molecule has 23 heavy (non-hydrogen) atoms. The van der Waals surface area contributed by atoms with Gasteiger partial charge in [-0.05, 0) is 44.2 Å². The number of fused-ring (bicyclic) bond motifs is 2. The van der Waals surface area contributed by atoms with Crippen LogP contribution in [0.3, 0.4) is 0 Å². The summed E-state index contributed by atoms with van der Waals surface area (Å²) in [5, 5.41) is 9.29. The van der Waals surface area contributed by atoms with E-state index < -0.39 is 18.0 Å². The van der Waals surface area contributed by atoms with E-state index in [-0.39, 0.29) is 17.8 Å². The number of hydrogen-bond acceptors (Lipinski definition) is 6. The molecule has 2 aliphatic heterocycles. The van der Waals surface area contributed by atoms with Gasteiger partial charge < -0.3 is 14.6 Å². The summed E-state index contributed by atoms with van der Waals surface area (Å²) >= 11 is 0. The lowest BCUT2D eigenvalue weighted by Crippen LogP contribution is -2.53. The number of phenols is 1. The van der Waals surface area contributed by atoms with Gasteiger partial charge in [-0.25, -0.2) is 4.79 Å². The third-order valence-electron chi connectivity index (χ3n) is 5.05. The minimum absolute atomic E-state index is 0.0545. The van der Waals surface area contributed by atoms with Gasteiger partial charge in [-0.1, -0.05) is 0 Å². The van der Waals surface area contributed by atoms with E-state index in [1.165, 1.54) is 31.4 Å². The van der Waals surface area contributed by atoms with Crippen LogP contribution in [0.5, 0.6) is 5.75 Å². The molecule has 124 valence electrons. The molecule has 1 aromatic rings. The molecule has 1 N–H and O–H groups in total. The van der Waals surface area contributed by atoms with Gasteiger partial charge >= 0.3 is 11.9 Å². The van der Waals surface area contributed by atoms with E-state index in [4.69, 9.17) is 9.47 Å². The molecular formula is C17H21NO5. The molecule has 0 aliphatic carbocycles. The van der Waals surface area contributed by atoms with E-state index in [0.717, 1.165) is 12.8 Å². The molecule has 0 saturated carbocycles. The number of phenolic OH excluding ortho intramolecular Hbond substituents is 1. The van der Waals surface area contributed by atoms with Crippen LogP contribution in [-0.2, 0) is 14.3 Å². The highest BCUT2D eigenvalue weighted by atomic mass is 16.6. The molecule has 1 aromatic carbocycles. The molecule has 0 unspecified atom stereocenters. The van der Waals surface area contributed by atoms with Crippen LogP contribution in [0.2, 0.25) is 0 Å². The van der Waals surface area contributed by atoms with Gasteiger partial charge in [-0.3, -0.25) is 9.69 Å². The van der Waals surface area contributed by atoms with Gasteiger partial charge in [0.15, 0.2) is 0 Å². The fourth-order valence-corrected chi connectivity index (χ4v) is 3.79. The first-order chi connectivity index (χ1) is 11.0. The average molecular weight is 319 g/mol. The maximum absolute atomic E-state index is 12.3. The predicted molar refractivity (Wildman–Crippen MR) is 82.0 cm³/mol. The summed E-state index contributed by atoms with van der Waals surface area (Å²) in [6.07, 6.45) is 2.07. The number of carbonyl (C=O) groups is 2. The van der Waals surface area contributed by atoms with Crippen LogP contribution in [-0.4, -0.2) is 54.3 Å². The number of piperidine rings is 1. The number of hydrogen-bond donors (Lipinski definition) is 1. The van der Waals surface area contributed by atoms with Gasteiger partial charge in [0.05, 0.1) is 12.7 Å². The number of esters is 2. The van der Waals surface area contributed by atoms with Crippen LogP contribution in [0.1, 0.15) is 29.6 Å². The van der Waals surface area contributed by atoms with Crippen molar-refractivity contribution in [3.05, 3.63) is 29.8 Å². The van der Waals surface area contributed by atoms with Crippen molar-refractivity contribution in [3.8, 4) is 5.75 Å². The third kappa shape index (κ3) is 2.91. The maximum atomic E-state index is 12.3. The highest BCUT2D eigenvalue weighted by molar-refractivity contribution is 5.90. The number of nitrogens with zero attached hydrogens (tertiary/aromatic N) is 1. The van der Waals surface area contributed by atoms with Crippen molar-refractivity contribution in [1.29, 1.82) is 0 Å². The lowest BCUT2D eigenvalue weighted by molar-refractivity contribution is -0.156. The normalized spacial score (nSPS) is 30.0. The molecular weight excluding hydrogens is 298 g/mol. The Morgan fingerprint density at radius 1 is 1.22 bits per heavy atom. The fourth-order valence-electron chi connectivity index (χ4n) is 3.79. The minimum atomic E-state index is -0.479.